The minimum absolute atomic E-state index is 0.518. The normalized spacial score (nSPS) is 10.8. The van der Waals surface area contributed by atoms with Crippen LogP contribution in [0.3, 0.4) is 0 Å². The number of nitrogens with one attached hydrogen (secondary N) is 1. The molecule has 25 heavy (non-hydrogen) atoms. The monoisotopic (exact) mass is 329 g/mol. The predicted octanol–water partition coefficient (Wildman–Crippen LogP) is 5.72. The summed E-state index contributed by atoms with van der Waals surface area (Å²) in [6.07, 6.45) is 1.73. The quantitative estimate of drug-likeness (QED) is 0.508. The molecule has 4 aromatic rings. The third-order valence-corrected chi connectivity index (χ3v) is 4.22. The third kappa shape index (κ3) is 3.22. The maximum Gasteiger partial charge on any atom is 0.141 e. The number of rotatable bonds is 5. The lowest BCUT2D eigenvalue weighted by Crippen LogP contribution is -1.96. The van der Waals surface area contributed by atoms with Crippen LogP contribution in [-0.4, -0.2) is 7.05 Å². The van der Waals surface area contributed by atoms with Gasteiger partial charge in [0.1, 0.15) is 17.9 Å². The summed E-state index contributed by atoms with van der Waals surface area (Å²) >= 11 is 0. The topological polar surface area (TPSA) is 34.4 Å². The SMILES string of the molecule is CNc1cccc(-c2cc(COc3ccccc3)cc3ccoc23)c1. The highest BCUT2D eigenvalue weighted by Crippen LogP contribution is 2.32. The van der Waals surface area contributed by atoms with Crippen molar-refractivity contribution in [3.8, 4) is 16.9 Å². The molecule has 3 nitrogen and oxygen atoms in total. The Morgan fingerprint density at radius 2 is 1.80 bits per heavy atom. The van der Waals surface area contributed by atoms with Crippen molar-refractivity contribution in [3.63, 3.8) is 0 Å². The van der Waals surface area contributed by atoms with Crippen LogP contribution in [0.2, 0.25) is 0 Å². The molecule has 0 amide bonds. The molecular weight excluding hydrogens is 310 g/mol. The number of benzene rings is 3. The molecule has 124 valence electrons. The molecule has 0 spiro atoms. The zero-order valence-electron chi connectivity index (χ0n) is 14.0. The van der Waals surface area contributed by atoms with Crippen molar-refractivity contribution in [2.24, 2.45) is 0 Å². The Hall–Kier alpha value is -3.20. The molecular formula is C22H19NO2. The van der Waals surface area contributed by atoms with E-state index in [4.69, 9.17) is 9.15 Å². The maximum atomic E-state index is 5.91. The summed E-state index contributed by atoms with van der Waals surface area (Å²) in [6.45, 7) is 0.518. The Kier molecular flexibility index (Phi) is 4.13. The molecule has 0 radical (unpaired) electrons. The van der Waals surface area contributed by atoms with Gasteiger partial charge < -0.3 is 14.5 Å². The first-order chi connectivity index (χ1) is 12.3. The Morgan fingerprint density at radius 1 is 0.920 bits per heavy atom. The van der Waals surface area contributed by atoms with Crippen LogP contribution in [0.15, 0.2) is 83.5 Å². The first kappa shape index (κ1) is 15.3. The summed E-state index contributed by atoms with van der Waals surface area (Å²) in [4.78, 5) is 0. The highest BCUT2D eigenvalue weighted by molar-refractivity contribution is 5.93. The molecule has 1 aromatic heterocycles. The van der Waals surface area contributed by atoms with E-state index in [1.54, 1.807) is 6.26 Å². The minimum atomic E-state index is 0.518. The number of ether oxygens (including phenoxy) is 1. The van der Waals surface area contributed by atoms with Crippen LogP contribution in [0.1, 0.15) is 5.56 Å². The van der Waals surface area contributed by atoms with Crippen molar-refractivity contribution in [2.45, 2.75) is 6.61 Å². The van der Waals surface area contributed by atoms with Gasteiger partial charge in [0.15, 0.2) is 0 Å². The average Bonchev–Trinajstić information content (AvgIpc) is 3.15. The second kappa shape index (κ2) is 6.73. The lowest BCUT2D eigenvalue weighted by molar-refractivity contribution is 0.306. The van der Waals surface area contributed by atoms with Crippen LogP contribution >= 0.6 is 0 Å². The van der Waals surface area contributed by atoms with Gasteiger partial charge in [0.25, 0.3) is 0 Å². The van der Waals surface area contributed by atoms with E-state index in [2.05, 4.69) is 29.6 Å². The number of hydrogen-bond donors (Lipinski definition) is 1. The molecule has 0 aliphatic carbocycles. The summed E-state index contributed by atoms with van der Waals surface area (Å²) in [6, 6.07) is 24.4. The molecule has 1 heterocycles. The van der Waals surface area contributed by atoms with E-state index < -0.39 is 0 Å². The maximum absolute atomic E-state index is 5.91. The fourth-order valence-electron chi connectivity index (χ4n) is 2.97. The number of para-hydroxylation sites is 1. The van der Waals surface area contributed by atoms with E-state index in [9.17, 15) is 0 Å². The van der Waals surface area contributed by atoms with Crippen LogP contribution in [0.5, 0.6) is 5.75 Å². The van der Waals surface area contributed by atoms with Gasteiger partial charge in [-0.1, -0.05) is 30.3 Å². The van der Waals surface area contributed by atoms with Crippen LogP contribution in [0, 0.1) is 0 Å². The molecule has 0 fully saturated rings. The van der Waals surface area contributed by atoms with Crippen molar-refractivity contribution in [1.29, 1.82) is 0 Å². The van der Waals surface area contributed by atoms with Crippen molar-refractivity contribution in [3.05, 3.63) is 84.6 Å². The van der Waals surface area contributed by atoms with Crippen molar-refractivity contribution in [2.75, 3.05) is 12.4 Å². The lowest BCUT2D eigenvalue weighted by Gasteiger charge is -2.10. The van der Waals surface area contributed by atoms with Gasteiger partial charge in [-0.05, 0) is 53.6 Å². The molecule has 3 heteroatoms. The van der Waals surface area contributed by atoms with Crippen molar-refractivity contribution in [1.82, 2.24) is 0 Å². The summed E-state index contributed by atoms with van der Waals surface area (Å²) in [5, 5.41) is 4.27. The first-order valence-corrected chi connectivity index (χ1v) is 8.29. The average molecular weight is 329 g/mol. The van der Waals surface area contributed by atoms with E-state index in [1.165, 1.54) is 0 Å². The second-order valence-corrected chi connectivity index (χ2v) is 5.91. The number of hydrogen-bond acceptors (Lipinski definition) is 3. The van der Waals surface area contributed by atoms with E-state index in [0.29, 0.717) is 6.61 Å². The fraction of sp³-hybridized carbons (Fsp3) is 0.0909. The van der Waals surface area contributed by atoms with E-state index in [0.717, 1.165) is 39.1 Å². The van der Waals surface area contributed by atoms with E-state index in [1.807, 2.05) is 55.6 Å². The smallest absolute Gasteiger partial charge is 0.141 e. The van der Waals surface area contributed by atoms with Gasteiger partial charge >= 0.3 is 0 Å². The van der Waals surface area contributed by atoms with Gasteiger partial charge in [-0.3, -0.25) is 0 Å². The van der Waals surface area contributed by atoms with Gasteiger partial charge in [-0.2, -0.15) is 0 Å². The van der Waals surface area contributed by atoms with E-state index >= 15 is 0 Å². The third-order valence-electron chi connectivity index (χ3n) is 4.22. The number of anilines is 1. The molecule has 4 rings (SSSR count). The molecule has 0 bridgehead atoms. The fourth-order valence-corrected chi connectivity index (χ4v) is 2.97. The molecule has 0 saturated heterocycles. The van der Waals surface area contributed by atoms with Crippen LogP contribution in [0.4, 0.5) is 5.69 Å². The van der Waals surface area contributed by atoms with Crippen LogP contribution < -0.4 is 10.1 Å². The highest BCUT2D eigenvalue weighted by Gasteiger charge is 2.10. The molecule has 0 saturated carbocycles. The summed E-state index contributed by atoms with van der Waals surface area (Å²) in [5.74, 6) is 0.869. The standard InChI is InChI=1S/C22H19NO2/c1-23-19-7-5-6-17(14-19)21-13-16(12-18-10-11-24-22(18)21)15-25-20-8-3-2-4-9-20/h2-14,23H,15H2,1H3. The van der Waals surface area contributed by atoms with Crippen LogP contribution in [0.25, 0.3) is 22.1 Å². The van der Waals surface area contributed by atoms with Gasteiger partial charge in [-0.15, -0.1) is 0 Å². The van der Waals surface area contributed by atoms with Gasteiger partial charge in [0, 0.05) is 23.7 Å². The number of fused-ring (bicyclic) bond motifs is 1. The zero-order chi connectivity index (χ0) is 17.1. The second-order valence-electron chi connectivity index (χ2n) is 5.91. The molecule has 0 aliphatic rings. The summed E-state index contributed by atoms with van der Waals surface area (Å²) < 4.78 is 11.6. The lowest BCUT2D eigenvalue weighted by atomic mass is 10.00. The van der Waals surface area contributed by atoms with Gasteiger partial charge in [-0.25, -0.2) is 0 Å². The Labute approximate surface area is 146 Å². The first-order valence-electron chi connectivity index (χ1n) is 8.29. The van der Waals surface area contributed by atoms with Gasteiger partial charge in [0.2, 0.25) is 0 Å². The van der Waals surface area contributed by atoms with Crippen LogP contribution in [-0.2, 0) is 6.61 Å². The zero-order valence-corrected chi connectivity index (χ0v) is 14.0. The Balaban J connectivity index is 1.72. The summed E-state index contributed by atoms with van der Waals surface area (Å²) in [7, 11) is 1.92. The Morgan fingerprint density at radius 3 is 2.64 bits per heavy atom. The molecule has 0 unspecified atom stereocenters. The van der Waals surface area contributed by atoms with Crippen molar-refractivity contribution < 1.29 is 9.15 Å². The predicted molar refractivity (Wildman–Crippen MR) is 102 cm³/mol. The van der Waals surface area contributed by atoms with Crippen molar-refractivity contribution >= 4 is 16.7 Å². The highest BCUT2D eigenvalue weighted by atomic mass is 16.5. The molecule has 1 N–H and O–H groups in total. The number of furan rings is 1. The largest absolute Gasteiger partial charge is 0.489 e. The van der Waals surface area contributed by atoms with Gasteiger partial charge in [0.05, 0.1) is 6.26 Å². The van der Waals surface area contributed by atoms with E-state index in [-0.39, 0.29) is 0 Å². The summed E-state index contributed by atoms with van der Waals surface area (Å²) in [5.41, 5.74) is 5.28. The molecule has 0 atom stereocenters. The molecule has 0 aliphatic heterocycles. The minimum Gasteiger partial charge on any atom is -0.489 e. The Bertz CT molecular complexity index is 989. The molecule has 3 aromatic carbocycles.